The molecule has 0 radical (unpaired) electrons. The zero-order valence-electron chi connectivity index (χ0n) is 14.3. The molecule has 26 heavy (non-hydrogen) atoms. The van der Waals surface area contributed by atoms with Crippen molar-refractivity contribution in [1.82, 2.24) is 4.90 Å². The van der Waals surface area contributed by atoms with Crippen LogP contribution in [-0.2, 0) is 6.42 Å². The third-order valence-electron chi connectivity index (χ3n) is 4.82. The molecule has 7 heteroatoms. The van der Waals surface area contributed by atoms with Gasteiger partial charge in [-0.1, -0.05) is 11.6 Å². The Bertz CT molecular complexity index is 759. The summed E-state index contributed by atoms with van der Waals surface area (Å²) < 4.78 is 0. The normalized spacial score (nSPS) is 15.4. The van der Waals surface area contributed by atoms with Crippen LogP contribution in [0.4, 0.5) is 11.4 Å². The van der Waals surface area contributed by atoms with Gasteiger partial charge in [0.05, 0.1) is 0 Å². The molecule has 0 aromatic heterocycles. The third kappa shape index (κ3) is 4.20. The van der Waals surface area contributed by atoms with Crippen molar-refractivity contribution in [2.45, 2.75) is 6.42 Å². The second-order valence-corrected chi connectivity index (χ2v) is 6.74. The topological polar surface area (TPSA) is 35.6 Å². The molecule has 4 rings (SSSR count). The maximum Gasteiger partial charge on any atom is 0.253 e. The molecule has 1 fully saturated rings. The van der Waals surface area contributed by atoms with E-state index in [1.165, 1.54) is 11.3 Å². The lowest BCUT2D eigenvalue weighted by Gasteiger charge is -2.36. The van der Waals surface area contributed by atoms with Crippen LogP contribution in [0.1, 0.15) is 15.9 Å². The van der Waals surface area contributed by atoms with Crippen molar-refractivity contribution in [3.05, 3.63) is 58.6 Å². The summed E-state index contributed by atoms with van der Waals surface area (Å²) in [6.07, 6.45) is 1.00. The van der Waals surface area contributed by atoms with Crippen LogP contribution in [0, 0.1) is 0 Å². The summed E-state index contributed by atoms with van der Waals surface area (Å²) in [5.74, 6) is 0.139. The zero-order chi connectivity index (χ0) is 16.5. The largest absolute Gasteiger partial charge is 0.384 e. The molecule has 1 amide bonds. The van der Waals surface area contributed by atoms with Gasteiger partial charge in [-0.15, -0.1) is 24.8 Å². The van der Waals surface area contributed by atoms with Gasteiger partial charge in [0.1, 0.15) is 0 Å². The summed E-state index contributed by atoms with van der Waals surface area (Å²) in [5, 5.41) is 4.08. The molecule has 0 unspecified atom stereocenters. The molecule has 140 valence electrons. The van der Waals surface area contributed by atoms with Crippen molar-refractivity contribution in [3.63, 3.8) is 0 Å². The Balaban J connectivity index is 0.00000121. The summed E-state index contributed by atoms with van der Waals surface area (Å²) in [6.45, 7) is 4.15. The molecule has 0 saturated carbocycles. The number of anilines is 2. The molecule has 1 N–H and O–H groups in total. The van der Waals surface area contributed by atoms with Crippen molar-refractivity contribution in [3.8, 4) is 0 Å². The van der Waals surface area contributed by atoms with Crippen LogP contribution in [0.15, 0.2) is 42.5 Å². The summed E-state index contributed by atoms with van der Waals surface area (Å²) in [7, 11) is 0. The van der Waals surface area contributed by atoms with Gasteiger partial charge in [-0.3, -0.25) is 4.79 Å². The van der Waals surface area contributed by atoms with Gasteiger partial charge < -0.3 is 15.1 Å². The van der Waals surface area contributed by atoms with Crippen molar-refractivity contribution in [2.75, 3.05) is 42.9 Å². The highest BCUT2D eigenvalue weighted by molar-refractivity contribution is 6.30. The number of benzene rings is 2. The number of carbonyl (C=O) groups excluding carboxylic acids is 1. The van der Waals surface area contributed by atoms with E-state index in [1.807, 2.05) is 47.4 Å². The van der Waals surface area contributed by atoms with Gasteiger partial charge in [0.2, 0.25) is 0 Å². The first kappa shape index (κ1) is 20.7. The quantitative estimate of drug-likeness (QED) is 0.803. The first-order chi connectivity index (χ1) is 11.7. The highest BCUT2D eigenvalue weighted by Gasteiger charge is 2.23. The van der Waals surface area contributed by atoms with E-state index >= 15 is 0 Å². The number of hydrogen-bond donors (Lipinski definition) is 1. The number of hydrogen-bond acceptors (Lipinski definition) is 3. The van der Waals surface area contributed by atoms with E-state index in [2.05, 4.69) is 10.2 Å². The number of amides is 1. The van der Waals surface area contributed by atoms with Crippen LogP contribution in [0.2, 0.25) is 5.02 Å². The standard InChI is InChI=1S/C19H20ClN3O.2ClH/c20-16-2-4-17(5-3-16)22-9-11-23(12-10-22)19(24)15-1-6-18-14(13-15)7-8-21-18;;/h1-6,13,21H,7-12H2;2*1H. The molecule has 0 spiro atoms. The van der Waals surface area contributed by atoms with Crippen LogP contribution in [0.3, 0.4) is 0 Å². The molecule has 2 aliphatic heterocycles. The minimum atomic E-state index is 0. The number of carbonyl (C=O) groups is 1. The maximum absolute atomic E-state index is 12.8. The highest BCUT2D eigenvalue weighted by atomic mass is 35.5. The van der Waals surface area contributed by atoms with Gasteiger partial charge in [0.25, 0.3) is 5.91 Å². The predicted octanol–water partition coefficient (Wildman–Crippen LogP) is 4.11. The summed E-state index contributed by atoms with van der Waals surface area (Å²) >= 11 is 5.95. The second-order valence-electron chi connectivity index (χ2n) is 6.30. The van der Waals surface area contributed by atoms with E-state index in [1.54, 1.807) is 0 Å². The van der Waals surface area contributed by atoms with Crippen molar-refractivity contribution in [2.24, 2.45) is 0 Å². The number of halogens is 3. The third-order valence-corrected chi connectivity index (χ3v) is 5.07. The molecular formula is C19H22Cl3N3O. The van der Waals surface area contributed by atoms with E-state index < -0.39 is 0 Å². The fourth-order valence-electron chi connectivity index (χ4n) is 3.44. The molecule has 1 saturated heterocycles. The molecule has 2 aromatic rings. The molecule has 0 aliphatic carbocycles. The fraction of sp³-hybridized carbons (Fsp3) is 0.316. The van der Waals surface area contributed by atoms with E-state index in [9.17, 15) is 4.79 Å². The predicted molar refractivity (Wildman–Crippen MR) is 113 cm³/mol. The smallest absolute Gasteiger partial charge is 0.253 e. The minimum Gasteiger partial charge on any atom is -0.384 e. The highest BCUT2D eigenvalue weighted by Crippen LogP contribution is 2.24. The summed E-state index contributed by atoms with van der Waals surface area (Å²) in [5.41, 5.74) is 4.38. The maximum atomic E-state index is 12.8. The van der Waals surface area contributed by atoms with Gasteiger partial charge in [0.15, 0.2) is 0 Å². The van der Waals surface area contributed by atoms with E-state index in [-0.39, 0.29) is 30.7 Å². The molecule has 0 bridgehead atoms. The Labute approximate surface area is 171 Å². The number of nitrogens with one attached hydrogen (secondary N) is 1. The van der Waals surface area contributed by atoms with Gasteiger partial charge in [-0.2, -0.15) is 0 Å². The van der Waals surface area contributed by atoms with Crippen LogP contribution in [0.5, 0.6) is 0 Å². The van der Waals surface area contributed by atoms with Crippen molar-refractivity contribution < 1.29 is 4.79 Å². The molecule has 2 aliphatic rings. The van der Waals surface area contributed by atoms with Crippen LogP contribution in [0.25, 0.3) is 0 Å². The number of nitrogens with zero attached hydrogens (tertiary/aromatic N) is 2. The molecule has 2 heterocycles. The van der Waals surface area contributed by atoms with E-state index in [0.717, 1.165) is 55.4 Å². The molecule has 0 atom stereocenters. The fourth-order valence-corrected chi connectivity index (χ4v) is 3.57. The average molecular weight is 415 g/mol. The van der Waals surface area contributed by atoms with Gasteiger partial charge in [0, 0.05) is 54.7 Å². The number of fused-ring (bicyclic) bond motifs is 1. The van der Waals surface area contributed by atoms with Crippen LogP contribution >= 0.6 is 36.4 Å². The van der Waals surface area contributed by atoms with Crippen molar-refractivity contribution >= 4 is 53.7 Å². The van der Waals surface area contributed by atoms with Gasteiger partial charge >= 0.3 is 0 Å². The van der Waals surface area contributed by atoms with E-state index in [0.29, 0.717) is 0 Å². The summed E-state index contributed by atoms with van der Waals surface area (Å²) in [4.78, 5) is 17.0. The van der Waals surface area contributed by atoms with E-state index in [4.69, 9.17) is 11.6 Å². The second kappa shape index (κ2) is 8.85. The Morgan fingerprint density at radius 2 is 1.65 bits per heavy atom. The first-order valence-electron chi connectivity index (χ1n) is 8.37. The monoisotopic (exact) mass is 413 g/mol. The Morgan fingerprint density at radius 1 is 0.962 bits per heavy atom. The average Bonchev–Trinajstić information content (AvgIpc) is 3.09. The summed E-state index contributed by atoms with van der Waals surface area (Å²) in [6, 6.07) is 13.9. The van der Waals surface area contributed by atoms with Crippen LogP contribution in [-0.4, -0.2) is 43.5 Å². The Hall–Kier alpha value is -1.62. The number of rotatable bonds is 2. The van der Waals surface area contributed by atoms with Crippen molar-refractivity contribution in [1.29, 1.82) is 0 Å². The SMILES string of the molecule is Cl.Cl.O=C(c1ccc2c(c1)CCN2)N1CCN(c2ccc(Cl)cc2)CC1. The molecule has 4 nitrogen and oxygen atoms in total. The first-order valence-corrected chi connectivity index (χ1v) is 8.75. The Kier molecular flexibility index (Phi) is 7.04. The van der Waals surface area contributed by atoms with Crippen LogP contribution < -0.4 is 10.2 Å². The molecule has 2 aromatic carbocycles. The Morgan fingerprint density at radius 3 is 2.35 bits per heavy atom. The van der Waals surface area contributed by atoms with Gasteiger partial charge in [-0.05, 0) is 54.4 Å². The minimum absolute atomic E-state index is 0. The van der Waals surface area contributed by atoms with Gasteiger partial charge in [-0.25, -0.2) is 0 Å². The lowest BCUT2D eigenvalue weighted by molar-refractivity contribution is 0.0746. The lowest BCUT2D eigenvalue weighted by Crippen LogP contribution is -2.48. The zero-order valence-corrected chi connectivity index (χ0v) is 16.7. The lowest BCUT2D eigenvalue weighted by atomic mass is 10.1. The molecular weight excluding hydrogens is 393 g/mol. The number of piperazine rings is 1.